The lowest BCUT2D eigenvalue weighted by molar-refractivity contribution is -0.137. The van der Waals surface area contributed by atoms with E-state index in [4.69, 9.17) is 10.5 Å². The molecule has 2 amide bonds. The second-order valence-electron chi connectivity index (χ2n) is 8.63. The summed E-state index contributed by atoms with van der Waals surface area (Å²) in [5.41, 5.74) is 7.15. The van der Waals surface area contributed by atoms with Gasteiger partial charge in [0.05, 0.1) is 12.9 Å². The molecule has 1 saturated carbocycles. The zero-order chi connectivity index (χ0) is 25.4. The maximum absolute atomic E-state index is 12.9. The summed E-state index contributed by atoms with van der Waals surface area (Å²) >= 11 is 0. The second-order valence-corrected chi connectivity index (χ2v) is 8.63. The van der Waals surface area contributed by atoms with Crippen molar-refractivity contribution in [1.82, 2.24) is 29.7 Å². The van der Waals surface area contributed by atoms with Crippen molar-refractivity contribution in [3.05, 3.63) is 48.0 Å². The topological polar surface area (TPSA) is 169 Å². The predicted molar refractivity (Wildman–Crippen MR) is 127 cm³/mol. The van der Waals surface area contributed by atoms with Gasteiger partial charge < -0.3 is 30.9 Å². The van der Waals surface area contributed by atoms with Crippen LogP contribution in [0.4, 0.5) is 5.82 Å². The van der Waals surface area contributed by atoms with Gasteiger partial charge in [-0.2, -0.15) is 0 Å². The van der Waals surface area contributed by atoms with Gasteiger partial charge in [-0.3, -0.25) is 14.2 Å². The van der Waals surface area contributed by atoms with Gasteiger partial charge in [-0.05, 0) is 30.9 Å². The molecule has 2 aliphatic rings. The SMILES string of the molecule is CNC(=O)[C@H]1O[C@@H](n2cnc3c(N)nc(C#CCN(C(=O)c4ccccc4)C4CC4)nc32)[C@H](O)C1O. The minimum atomic E-state index is -1.44. The zero-order valence-electron chi connectivity index (χ0n) is 19.4. The van der Waals surface area contributed by atoms with Gasteiger partial charge in [0.2, 0.25) is 5.82 Å². The van der Waals surface area contributed by atoms with E-state index in [0.717, 1.165) is 12.8 Å². The molecular formula is C24H25N7O5. The first kappa shape index (κ1) is 23.7. The molecule has 1 aliphatic heterocycles. The number of hydrogen-bond acceptors (Lipinski definition) is 9. The minimum absolute atomic E-state index is 0.0679. The van der Waals surface area contributed by atoms with Gasteiger partial charge >= 0.3 is 0 Å². The predicted octanol–water partition coefficient (Wildman–Crippen LogP) is -0.570. The zero-order valence-corrected chi connectivity index (χ0v) is 19.4. The maximum atomic E-state index is 12.9. The maximum Gasteiger partial charge on any atom is 0.254 e. The summed E-state index contributed by atoms with van der Waals surface area (Å²) in [6.45, 7) is 0.198. The number of imidazole rings is 1. The first-order chi connectivity index (χ1) is 17.4. The average Bonchev–Trinajstić information content (AvgIpc) is 3.58. The molecule has 1 aliphatic carbocycles. The number of nitrogens with one attached hydrogen (secondary N) is 1. The number of carbonyl (C=O) groups excluding carboxylic acids is 2. The van der Waals surface area contributed by atoms with E-state index in [-0.39, 0.29) is 41.3 Å². The van der Waals surface area contributed by atoms with Crippen molar-refractivity contribution < 1.29 is 24.5 Å². The highest BCUT2D eigenvalue weighted by Gasteiger charge is 2.47. The standard InChI is InChI=1S/C24H25N7O5/c1-26-22(34)19-17(32)18(33)24(36-19)31-12-27-16-20(25)28-15(29-21(16)31)8-5-11-30(14-9-10-14)23(35)13-6-3-2-4-7-13/h2-4,6-7,12,14,17-19,24,32-33H,9-11H2,1H3,(H,26,34)(H2,25,28,29)/t17?,18-,19+,24-/m1/s1. The smallest absolute Gasteiger partial charge is 0.254 e. The summed E-state index contributed by atoms with van der Waals surface area (Å²) in [4.78, 5) is 39.4. The van der Waals surface area contributed by atoms with Crippen LogP contribution in [0.25, 0.3) is 11.2 Å². The molecule has 4 atom stereocenters. The summed E-state index contributed by atoms with van der Waals surface area (Å²) in [6.07, 6.45) is -2.04. The van der Waals surface area contributed by atoms with Crippen molar-refractivity contribution in [2.75, 3.05) is 19.3 Å². The van der Waals surface area contributed by atoms with Crippen molar-refractivity contribution in [3.8, 4) is 11.8 Å². The first-order valence-electron chi connectivity index (χ1n) is 11.5. The number of carbonyl (C=O) groups is 2. The third-order valence-corrected chi connectivity index (χ3v) is 6.18. The number of amides is 2. The Hall–Kier alpha value is -4.05. The summed E-state index contributed by atoms with van der Waals surface area (Å²) in [7, 11) is 1.40. The molecular weight excluding hydrogens is 466 g/mol. The van der Waals surface area contributed by atoms with Crippen molar-refractivity contribution in [1.29, 1.82) is 0 Å². The summed E-state index contributed by atoms with van der Waals surface area (Å²) in [6, 6.07) is 9.20. The largest absolute Gasteiger partial charge is 0.387 e. The quantitative estimate of drug-likeness (QED) is 0.342. The molecule has 5 N–H and O–H groups in total. The monoisotopic (exact) mass is 491 g/mol. The van der Waals surface area contributed by atoms with E-state index in [1.807, 2.05) is 18.2 Å². The molecule has 12 nitrogen and oxygen atoms in total. The number of aromatic nitrogens is 4. The molecule has 1 aromatic carbocycles. The minimum Gasteiger partial charge on any atom is -0.387 e. The van der Waals surface area contributed by atoms with E-state index in [0.29, 0.717) is 5.56 Å². The van der Waals surface area contributed by atoms with Crippen LogP contribution in [-0.2, 0) is 9.53 Å². The molecule has 3 aromatic rings. The van der Waals surface area contributed by atoms with Crippen molar-refractivity contribution in [2.24, 2.45) is 0 Å². The summed E-state index contributed by atoms with van der Waals surface area (Å²) < 4.78 is 6.99. The number of aliphatic hydroxyl groups excluding tert-OH is 2. The number of fused-ring (bicyclic) bond motifs is 1. The van der Waals surface area contributed by atoms with Crippen LogP contribution in [0.2, 0.25) is 0 Å². The van der Waals surface area contributed by atoms with Crippen LogP contribution in [0.5, 0.6) is 0 Å². The van der Waals surface area contributed by atoms with Crippen LogP contribution < -0.4 is 11.1 Å². The Morgan fingerprint density at radius 1 is 1.22 bits per heavy atom. The third kappa shape index (κ3) is 4.35. The van der Waals surface area contributed by atoms with Crippen LogP contribution in [0.3, 0.4) is 0 Å². The van der Waals surface area contributed by atoms with Gasteiger partial charge in [-0.25, -0.2) is 15.0 Å². The van der Waals surface area contributed by atoms with E-state index in [1.54, 1.807) is 17.0 Å². The molecule has 0 radical (unpaired) electrons. The number of rotatable bonds is 5. The highest BCUT2D eigenvalue weighted by Crippen LogP contribution is 2.32. The van der Waals surface area contributed by atoms with Gasteiger partial charge in [-0.15, -0.1) is 0 Å². The van der Waals surface area contributed by atoms with Gasteiger partial charge in [0.15, 0.2) is 23.8 Å². The Morgan fingerprint density at radius 3 is 2.67 bits per heavy atom. The lowest BCUT2D eigenvalue weighted by Crippen LogP contribution is -2.41. The van der Waals surface area contributed by atoms with Crippen LogP contribution in [0.15, 0.2) is 36.7 Å². The van der Waals surface area contributed by atoms with E-state index in [1.165, 1.54) is 17.9 Å². The molecule has 5 rings (SSSR count). The second kappa shape index (κ2) is 9.54. The first-order valence-corrected chi connectivity index (χ1v) is 11.5. The Kier molecular flexibility index (Phi) is 6.27. The fourth-order valence-corrected chi connectivity index (χ4v) is 4.13. The van der Waals surface area contributed by atoms with Crippen LogP contribution in [0.1, 0.15) is 35.3 Å². The Bertz CT molecular complexity index is 1360. The average molecular weight is 492 g/mol. The fraction of sp³-hybridized carbons (Fsp3) is 0.375. The van der Waals surface area contributed by atoms with E-state index >= 15 is 0 Å². The Balaban J connectivity index is 1.40. The molecule has 186 valence electrons. The number of hydrogen-bond donors (Lipinski definition) is 4. The highest BCUT2D eigenvalue weighted by molar-refractivity contribution is 5.94. The molecule has 1 saturated heterocycles. The number of likely N-dealkylation sites (N-methyl/N-ethyl adjacent to an activating group) is 1. The summed E-state index contributed by atoms with van der Waals surface area (Å²) in [5, 5.41) is 23.2. The number of anilines is 1. The lowest BCUT2D eigenvalue weighted by atomic mass is 10.1. The van der Waals surface area contributed by atoms with Gasteiger partial charge in [-0.1, -0.05) is 24.1 Å². The van der Waals surface area contributed by atoms with Crippen LogP contribution in [0, 0.1) is 11.8 Å². The molecule has 12 heteroatoms. The molecule has 2 aromatic heterocycles. The van der Waals surface area contributed by atoms with Crippen molar-refractivity contribution in [3.63, 3.8) is 0 Å². The van der Waals surface area contributed by atoms with Gasteiger partial charge in [0, 0.05) is 18.7 Å². The molecule has 0 bridgehead atoms. The Labute approximate surface area is 206 Å². The van der Waals surface area contributed by atoms with Crippen LogP contribution >= 0.6 is 0 Å². The van der Waals surface area contributed by atoms with Gasteiger partial charge in [0.1, 0.15) is 17.7 Å². The normalized spacial score (nSPS) is 23.2. The number of nitrogens with two attached hydrogens (primary N) is 1. The molecule has 3 heterocycles. The molecule has 1 unspecified atom stereocenters. The highest BCUT2D eigenvalue weighted by atomic mass is 16.6. The fourth-order valence-electron chi connectivity index (χ4n) is 4.13. The third-order valence-electron chi connectivity index (χ3n) is 6.18. The number of aliphatic hydroxyl groups is 2. The summed E-state index contributed by atoms with van der Waals surface area (Å²) in [5.74, 6) is 5.33. The number of benzene rings is 1. The Morgan fingerprint density at radius 2 is 1.97 bits per heavy atom. The lowest BCUT2D eigenvalue weighted by Gasteiger charge is -2.19. The molecule has 36 heavy (non-hydrogen) atoms. The van der Waals surface area contributed by atoms with Crippen molar-refractivity contribution >= 4 is 28.8 Å². The van der Waals surface area contributed by atoms with E-state index in [9.17, 15) is 19.8 Å². The van der Waals surface area contributed by atoms with Gasteiger partial charge in [0.25, 0.3) is 11.8 Å². The number of nitrogens with zero attached hydrogens (tertiary/aromatic N) is 5. The van der Waals surface area contributed by atoms with E-state index in [2.05, 4.69) is 32.1 Å². The molecule has 2 fully saturated rings. The van der Waals surface area contributed by atoms with Crippen LogP contribution in [-0.4, -0.2) is 84.4 Å². The molecule has 0 spiro atoms. The van der Waals surface area contributed by atoms with Crippen molar-refractivity contribution in [2.45, 2.75) is 43.4 Å². The number of ether oxygens (including phenoxy) is 1. The van der Waals surface area contributed by atoms with E-state index < -0.39 is 30.4 Å². The number of nitrogen functional groups attached to an aromatic ring is 1.